The first-order chi connectivity index (χ1) is 10.7. The van der Waals surface area contributed by atoms with Crippen molar-refractivity contribution in [3.8, 4) is 11.3 Å². The number of halogens is 1. The van der Waals surface area contributed by atoms with Crippen LogP contribution in [0.15, 0.2) is 54.6 Å². The molecule has 3 nitrogen and oxygen atoms in total. The van der Waals surface area contributed by atoms with Crippen LogP contribution in [0.5, 0.6) is 0 Å². The summed E-state index contributed by atoms with van der Waals surface area (Å²) in [5.41, 5.74) is 3.03. The van der Waals surface area contributed by atoms with Gasteiger partial charge in [0.05, 0.1) is 24.1 Å². The van der Waals surface area contributed by atoms with Crippen molar-refractivity contribution in [2.24, 2.45) is 0 Å². The normalized spacial score (nSPS) is 10.6. The van der Waals surface area contributed by atoms with Crippen LogP contribution in [0, 0.1) is 0 Å². The van der Waals surface area contributed by atoms with E-state index in [1.807, 2.05) is 24.3 Å². The summed E-state index contributed by atoms with van der Waals surface area (Å²) in [5.74, 6) is -0.369. The van der Waals surface area contributed by atoms with Crippen LogP contribution in [0.2, 0.25) is 0 Å². The molecule has 0 unspecified atom stereocenters. The third-order valence-electron chi connectivity index (χ3n) is 3.55. The number of hydrogen-bond acceptors (Lipinski definition) is 3. The highest BCUT2D eigenvalue weighted by Gasteiger charge is 2.13. The Morgan fingerprint density at radius 3 is 2.59 bits per heavy atom. The zero-order valence-electron chi connectivity index (χ0n) is 12.0. The molecule has 0 saturated heterocycles. The van der Waals surface area contributed by atoms with Gasteiger partial charge in [-0.3, -0.25) is 4.98 Å². The first-order valence-corrected chi connectivity index (χ1v) is 7.98. The number of alkyl halides is 1. The van der Waals surface area contributed by atoms with Crippen LogP contribution >= 0.6 is 15.9 Å². The molecule has 0 spiro atoms. The summed E-state index contributed by atoms with van der Waals surface area (Å²) in [6, 6.07) is 18.0. The molecule has 0 aliphatic carbocycles. The van der Waals surface area contributed by atoms with Gasteiger partial charge in [0.1, 0.15) is 0 Å². The minimum atomic E-state index is -0.369. The minimum absolute atomic E-state index is 0.369. The van der Waals surface area contributed by atoms with Crippen molar-refractivity contribution >= 4 is 32.7 Å². The number of pyridine rings is 1. The first-order valence-electron chi connectivity index (χ1n) is 6.86. The van der Waals surface area contributed by atoms with Crippen molar-refractivity contribution in [1.29, 1.82) is 0 Å². The number of benzene rings is 2. The maximum absolute atomic E-state index is 11.7. The topological polar surface area (TPSA) is 39.2 Å². The smallest absolute Gasteiger partial charge is 0.339 e. The van der Waals surface area contributed by atoms with Crippen LogP contribution in [0.4, 0.5) is 0 Å². The van der Waals surface area contributed by atoms with E-state index in [4.69, 9.17) is 4.74 Å². The van der Waals surface area contributed by atoms with Gasteiger partial charge in [0.2, 0.25) is 0 Å². The average Bonchev–Trinajstić information content (AvgIpc) is 2.60. The molecule has 22 heavy (non-hydrogen) atoms. The molecule has 2 aromatic carbocycles. The lowest BCUT2D eigenvalue weighted by atomic mass is 10.0. The van der Waals surface area contributed by atoms with Gasteiger partial charge in [-0.1, -0.05) is 52.3 Å². The molecule has 0 radical (unpaired) electrons. The number of esters is 1. The van der Waals surface area contributed by atoms with Crippen LogP contribution in [-0.2, 0) is 10.1 Å². The quantitative estimate of drug-likeness (QED) is 0.509. The highest BCUT2D eigenvalue weighted by Crippen LogP contribution is 2.25. The third kappa shape index (κ3) is 2.74. The number of aromatic nitrogens is 1. The molecule has 0 amide bonds. The van der Waals surface area contributed by atoms with E-state index in [-0.39, 0.29) is 5.97 Å². The van der Waals surface area contributed by atoms with Crippen molar-refractivity contribution in [3.05, 3.63) is 65.9 Å². The predicted molar refractivity (Wildman–Crippen MR) is 91.1 cm³/mol. The molecule has 1 aromatic heterocycles. The van der Waals surface area contributed by atoms with Crippen LogP contribution in [-0.4, -0.2) is 18.1 Å². The SMILES string of the molecule is COC(=O)c1ccc(-c2ccc3ccccc3c2)nc1CBr. The molecule has 0 fully saturated rings. The molecule has 110 valence electrons. The summed E-state index contributed by atoms with van der Waals surface area (Å²) in [5, 5.41) is 2.86. The van der Waals surface area contributed by atoms with Gasteiger partial charge in [-0.2, -0.15) is 0 Å². The van der Waals surface area contributed by atoms with Crippen LogP contribution in [0.1, 0.15) is 16.1 Å². The number of carbonyl (C=O) groups excluding carboxylic acids is 1. The highest BCUT2D eigenvalue weighted by atomic mass is 79.9. The molecule has 0 atom stereocenters. The van der Waals surface area contributed by atoms with E-state index in [0.29, 0.717) is 16.6 Å². The molecule has 3 rings (SSSR count). The summed E-state index contributed by atoms with van der Waals surface area (Å²) >= 11 is 3.38. The third-order valence-corrected chi connectivity index (χ3v) is 4.08. The van der Waals surface area contributed by atoms with E-state index in [0.717, 1.165) is 11.3 Å². The van der Waals surface area contributed by atoms with Crippen molar-refractivity contribution in [2.75, 3.05) is 7.11 Å². The number of carbonyl (C=O) groups is 1. The van der Waals surface area contributed by atoms with E-state index >= 15 is 0 Å². The van der Waals surface area contributed by atoms with Crippen molar-refractivity contribution in [3.63, 3.8) is 0 Å². The van der Waals surface area contributed by atoms with E-state index in [1.54, 1.807) is 6.07 Å². The Balaban J connectivity index is 2.08. The second-order valence-corrected chi connectivity index (χ2v) is 5.44. The molecule has 0 saturated carbocycles. The summed E-state index contributed by atoms with van der Waals surface area (Å²) < 4.78 is 4.78. The predicted octanol–water partition coefficient (Wildman–Crippen LogP) is 4.58. The fourth-order valence-corrected chi connectivity index (χ4v) is 2.84. The van der Waals surface area contributed by atoms with Gasteiger partial charge >= 0.3 is 5.97 Å². The monoisotopic (exact) mass is 355 g/mol. The molecular formula is C18H14BrNO2. The Labute approximate surface area is 137 Å². The molecular weight excluding hydrogens is 342 g/mol. The number of nitrogens with zero attached hydrogens (tertiary/aromatic N) is 1. The van der Waals surface area contributed by atoms with Gasteiger partial charge in [-0.15, -0.1) is 0 Å². The summed E-state index contributed by atoms with van der Waals surface area (Å²) in [6.07, 6.45) is 0. The summed E-state index contributed by atoms with van der Waals surface area (Å²) in [7, 11) is 1.37. The summed E-state index contributed by atoms with van der Waals surface area (Å²) in [4.78, 5) is 16.3. The Hall–Kier alpha value is -2.20. The average molecular weight is 356 g/mol. The lowest BCUT2D eigenvalue weighted by Gasteiger charge is -2.08. The fourth-order valence-electron chi connectivity index (χ4n) is 2.41. The number of fused-ring (bicyclic) bond motifs is 1. The Bertz CT molecular complexity index is 845. The molecule has 3 aromatic rings. The molecule has 0 aliphatic heterocycles. The first kappa shape index (κ1) is 14.7. The number of methoxy groups -OCH3 is 1. The molecule has 0 aliphatic rings. The largest absolute Gasteiger partial charge is 0.465 e. The fraction of sp³-hybridized carbons (Fsp3) is 0.111. The second kappa shape index (κ2) is 6.28. The van der Waals surface area contributed by atoms with Crippen LogP contribution in [0.3, 0.4) is 0 Å². The standard InChI is InChI=1S/C18H14BrNO2/c1-22-18(21)15-8-9-16(20-17(15)11-19)14-7-6-12-4-2-3-5-13(12)10-14/h2-10H,11H2,1H3. The van der Waals surface area contributed by atoms with E-state index in [1.165, 1.54) is 17.9 Å². The number of hydrogen-bond donors (Lipinski definition) is 0. The van der Waals surface area contributed by atoms with Crippen molar-refractivity contribution < 1.29 is 9.53 Å². The lowest BCUT2D eigenvalue weighted by Crippen LogP contribution is -2.07. The van der Waals surface area contributed by atoms with Crippen LogP contribution < -0.4 is 0 Å². The Kier molecular flexibility index (Phi) is 4.20. The number of ether oxygens (including phenoxy) is 1. The minimum Gasteiger partial charge on any atom is -0.465 e. The Morgan fingerprint density at radius 2 is 1.86 bits per heavy atom. The van der Waals surface area contributed by atoms with Crippen LogP contribution in [0.25, 0.3) is 22.0 Å². The maximum atomic E-state index is 11.7. The van der Waals surface area contributed by atoms with Crippen molar-refractivity contribution in [1.82, 2.24) is 4.98 Å². The van der Waals surface area contributed by atoms with E-state index < -0.39 is 0 Å². The van der Waals surface area contributed by atoms with Gasteiger partial charge in [0, 0.05) is 10.9 Å². The molecule has 0 N–H and O–H groups in total. The zero-order chi connectivity index (χ0) is 15.5. The molecule has 1 heterocycles. The van der Waals surface area contributed by atoms with Gasteiger partial charge < -0.3 is 4.74 Å². The maximum Gasteiger partial charge on any atom is 0.339 e. The van der Waals surface area contributed by atoms with E-state index in [2.05, 4.69) is 45.2 Å². The van der Waals surface area contributed by atoms with E-state index in [9.17, 15) is 4.79 Å². The van der Waals surface area contributed by atoms with Gasteiger partial charge in [-0.25, -0.2) is 4.79 Å². The van der Waals surface area contributed by atoms with Gasteiger partial charge in [-0.05, 0) is 29.0 Å². The van der Waals surface area contributed by atoms with Gasteiger partial charge in [0.15, 0.2) is 0 Å². The Morgan fingerprint density at radius 1 is 1.09 bits per heavy atom. The number of rotatable bonds is 3. The molecule has 0 bridgehead atoms. The highest BCUT2D eigenvalue weighted by molar-refractivity contribution is 9.08. The van der Waals surface area contributed by atoms with Crippen molar-refractivity contribution in [2.45, 2.75) is 5.33 Å². The zero-order valence-corrected chi connectivity index (χ0v) is 13.6. The lowest BCUT2D eigenvalue weighted by molar-refractivity contribution is 0.0599. The molecule has 4 heteroatoms. The second-order valence-electron chi connectivity index (χ2n) is 4.88. The summed E-state index contributed by atoms with van der Waals surface area (Å²) in [6.45, 7) is 0. The van der Waals surface area contributed by atoms with Gasteiger partial charge in [0.25, 0.3) is 0 Å².